The Balaban J connectivity index is 2.33. The number of ketones is 1. The lowest BCUT2D eigenvalue weighted by Crippen LogP contribution is -2.03. The zero-order valence-electron chi connectivity index (χ0n) is 12.4. The Kier molecular flexibility index (Phi) is 5.88. The summed E-state index contributed by atoms with van der Waals surface area (Å²) in [6.45, 7) is 0. The molecular formula is C18H15NOS2. The molecule has 110 valence electrons. The number of nitrogens with zero attached hydrogens (tertiary/aromatic N) is 1. The number of thioether (sulfide) groups is 2. The van der Waals surface area contributed by atoms with Gasteiger partial charge in [-0.25, -0.2) is 0 Å². The SMILES string of the molecule is CSC(SC)=C(C#N)C(=O)c1ccc(-c2ccccc2)cc1. The molecule has 0 saturated heterocycles. The lowest BCUT2D eigenvalue weighted by molar-refractivity contribution is 0.103. The van der Waals surface area contributed by atoms with Gasteiger partial charge in [-0.05, 0) is 23.6 Å². The summed E-state index contributed by atoms with van der Waals surface area (Å²) in [5, 5.41) is 9.27. The first kappa shape index (κ1) is 16.4. The second-order valence-corrected chi connectivity index (χ2v) is 6.35. The van der Waals surface area contributed by atoms with Gasteiger partial charge in [-0.15, -0.1) is 23.5 Å². The molecular weight excluding hydrogens is 310 g/mol. The van der Waals surface area contributed by atoms with Gasteiger partial charge in [0, 0.05) is 5.56 Å². The number of nitriles is 1. The van der Waals surface area contributed by atoms with Crippen LogP contribution in [0.1, 0.15) is 10.4 Å². The molecule has 0 amide bonds. The van der Waals surface area contributed by atoms with E-state index in [9.17, 15) is 10.1 Å². The first-order valence-corrected chi connectivity index (χ1v) is 9.08. The predicted octanol–water partition coefficient (Wildman–Crippen LogP) is 5.00. The molecule has 22 heavy (non-hydrogen) atoms. The molecule has 0 unspecified atom stereocenters. The van der Waals surface area contributed by atoms with Crippen molar-refractivity contribution in [3.05, 3.63) is 70.0 Å². The number of hydrogen-bond acceptors (Lipinski definition) is 4. The van der Waals surface area contributed by atoms with E-state index in [1.54, 1.807) is 12.1 Å². The van der Waals surface area contributed by atoms with Gasteiger partial charge in [0.15, 0.2) is 0 Å². The van der Waals surface area contributed by atoms with Gasteiger partial charge < -0.3 is 0 Å². The van der Waals surface area contributed by atoms with Crippen molar-refractivity contribution >= 4 is 29.3 Å². The number of carbonyl (C=O) groups excluding carboxylic acids is 1. The van der Waals surface area contributed by atoms with Crippen molar-refractivity contribution in [2.45, 2.75) is 0 Å². The Morgan fingerprint density at radius 2 is 1.45 bits per heavy atom. The largest absolute Gasteiger partial charge is 0.288 e. The van der Waals surface area contributed by atoms with Crippen molar-refractivity contribution in [1.82, 2.24) is 0 Å². The molecule has 0 spiro atoms. The monoisotopic (exact) mass is 325 g/mol. The second-order valence-electron chi connectivity index (χ2n) is 4.46. The van der Waals surface area contributed by atoms with Crippen LogP contribution >= 0.6 is 23.5 Å². The fraction of sp³-hybridized carbons (Fsp3) is 0.111. The standard InChI is InChI=1S/C18H15NOS2/c1-21-18(22-2)16(12-19)17(20)15-10-8-14(9-11-15)13-6-4-3-5-7-13/h3-11H,1-2H3. The van der Waals surface area contributed by atoms with Crippen molar-refractivity contribution in [3.63, 3.8) is 0 Å². The van der Waals surface area contributed by atoms with Crippen molar-refractivity contribution in [3.8, 4) is 17.2 Å². The minimum atomic E-state index is -0.221. The van der Waals surface area contributed by atoms with E-state index in [0.29, 0.717) is 5.56 Å². The van der Waals surface area contributed by atoms with Crippen LogP contribution in [0.25, 0.3) is 11.1 Å². The predicted molar refractivity (Wildman–Crippen MR) is 95.9 cm³/mol. The first-order chi connectivity index (χ1) is 10.7. The molecule has 0 radical (unpaired) electrons. The van der Waals surface area contributed by atoms with E-state index < -0.39 is 0 Å². The van der Waals surface area contributed by atoms with Crippen LogP contribution in [-0.2, 0) is 0 Å². The lowest BCUT2D eigenvalue weighted by Gasteiger charge is -2.06. The molecule has 2 rings (SSSR count). The maximum atomic E-state index is 12.5. The van der Waals surface area contributed by atoms with Crippen LogP contribution in [-0.4, -0.2) is 18.3 Å². The molecule has 2 aromatic carbocycles. The zero-order chi connectivity index (χ0) is 15.9. The van der Waals surface area contributed by atoms with Gasteiger partial charge in [-0.2, -0.15) is 5.26 Å². The summed E-state index contributed by atoms with van der Waals surface area (Å²) in [5.41, 5.74) is 2.91. The molecule has 0 N–H and O–H groups in total. The minimum Gasteiger partial charge on any atom is -0.288 e. The summed E-state index contributed by atoms with van der Waals surface area (Å²) >= 11 is 2.85. The normalized spacial score (nSPS) is 9.86. The van der Waals surface area contributed by atoms with Crippen molar-refractivity contribution < 1.29 is 4.79 Å². The highest BCUT2D eigenvalue weighted by Gasteiger charge is 2.16. The van der Waals surface area contributed by atoms with Gasteiger partial charge in [-0.3, -0.25) is 4.79 Å². The Morgan fingerprint density at radius 3 is 1.95 bits per heavy atom. The lowest BCUT2D eigenvalue weighted by atomic mass is 10.0. The molecule has 0 atom stereocenters. The quantitative estimate of drug-likeness (QED) is 0.441. The maximum Gasteiger partial charge on any atom is 0.205 e. The van der Waals surface area contributed by atoms with Gasteiger partial charge >= 0.3 is 0 Å². The third-order valence-electron chi connectivity index (χ3n) is 3.17. The van der Waals surface area contributed by atoms with E-state index in [4.69, 9.17) is 0 Å². The van der Waals surface area contributed by atoms with Crippen molar-refractivity contribution in [2.24, 2.45) is 0 Å². The molecule has 2 nitrogen and oxygen atoms in total. The molecule has 0 heterocycles. The number of benzene rings is 2. The summed E-state index contributed by atoms with van der Waals surface area (Å²) in [4.78, 5) is 12.5. The van der Waals surface area contributed by atoms with Crippen molar-refractivity contribution in [2.75, 3.05) is 12.5 Å². The smallest absolute Gasteiger partial charge is 0.205 e. The summed E-state index contributed by atoms with van der Waals surface area (Å²) in [7, 11) is 0. The third-order valence-corrected chi connectivity index (χ3v) is 5.32. The average molecular weight is 325 g/mol. The van der Waals surface area contributed by atoms with Gasteiger partial charge in [-0.1, -0.05) is 54.6 Å². The Morgan fingerprint density at radius 1 is 0.909 bits per heavy atom. The number of rotatable bonds is 5. The third kappa shape index (κ3) is 3.62. The van der Waals surface area contributed by atoms with E-state index >= 15 is 0 Å². The van der Waals surface area contributed by atoms with Crippen LogP contribution in [0, 0.1) is 11.3 Å². The van der Waals surface area contributed by atoms with E-state index in [-0.39, 0.29) is 11.4 Å². The molecule has 0 aliphatic rings. The Hall–Kier alpha value is -1.96. The summed E-state index contributed by atoms with van der Waals surface area (Å²) in [5.74, 6) is -0.221. The molecule has 0 saturated carbocycles. The highest BCUT2D eigenvalue weighted by Crippen LogP contribution is 2.29. The fourth-order valence-electron chi connectivity index (χ4n) is 2.07. The number of allylic oxidation sites excluding steroid dienone is 1. The van der Waals surface area contributed by atoms with Crippen LogP contribution in [0.15, 0.2) is 64.4 Å². The number of Topliss-reactive ketones (excluding diaryl/α,β-unsaturated/α-hetero) is 1. The molecule has 0 aromatic heterocycles. The highest BCUT2D eigenvalue weighted by molar-refractivity contribution is 8.21. The average Bonchev–Trinajstić information content (AvgIpc) is 2.60. The topological polar surface area (TPSA) is 40.9 Å². The van der Waals surface area contributed by atoms with Gasteiger partial charge in [0.2, 0.25) is 5.78 Å². The Bertz CT molecular complexity index is 722. The Labute approximate surface area is 139 Å². The highest BCUT2D eigenvalue weighted by atomic mass is 32.2. The van der Waals surface area contributed by atoms with E-state index in [1.165, 1.54) is 23.5 Å². The molecule has 0 bridgehead atoms. The van der Waals surface area contributed by atoms with Crippen LogP contribution in [0.3, 0.4) is 0 Å². The first-order valence-electron chi connectivity index (χ1n) is 6.63. The van der Waals surface area contributed by atoms with Crippen LogP contribution < -0.4 is 0 Å². The molecule has 0 fully saturated rings. The van der Waals surface area contributed by atoms with E-state index in [0.717, 1.165) is 15.4 Å². The summed E-state index contributed by atoms with van der Waals surface area (Å²) in [6.07, 6.45) is 3.74. The van der Waals surface area contributed by atoms with Gasteiger partial charge in [0.1, 0.15) is 11.6 Å². The van der Waals surface area contributed by atoms with Gasteiger partial charge in [0.05, 0.1) is 4.24 Å². The van der Waals surface area contributed by atoms with Gasteiger partial charge in [0.25, 0.3) is 0 Å². The molecule has 0 aliphatic carbocycles. The van der Waals surface area contributed by atoms with Crippen LogP contribution in [0.5, 0.6) is 0 Å². The fourth-order valence-corrected chi connectivity index (χ4v) is 3.42. The molecule has 2 aromatic rings. The summed E-state index contributed by atoms with van der Waals surface area (Å²) in [6, 6.07) is 19.4. The second kappa shape index (κ2) is 7.88. The van der Waals surface area contributed by atoms with Crippen molar-refractivity contribution in [1.29, 1.82) is 5.26 Å². The van der Waals surface area contributed by atoms with E-state index in [1.807, 2.05) is 61.0 Å². The molecule has 4 heteroatoms. The minimum absolute atomic E-state index is 0.215. The zero-order valence-corrected chi connectivity index (χ0v) is 14.0. The molecule has 0 aliphatic heterocycles. The van der Waals surface area contributed by atoms with Crippen LogP contribution in [0.4, 0.5) is 0 Å². The van der Waals surface area contributed by atoms with E-state index in [2.05, 4.69) is 0 Å². The number of carbonyl (C=O) groups is 1. The summed E-state index contributed by atoms with van der Waals surface area (Å²) < 4.78 is 0.750. The maximum absolute atomic E-state index is 12.5. The number of hydrogen-bond donors (Lipinski definition) is 0. The van der Waals surface area contributed by atoms with Crippen LogP contribution in [0.2, 0.25) is 0 Å².